The predicted molar refractivity (Wildman–Crippen MR) is 87.8 cm³/mol. The van der Waals surface area contributed by atoms with Gasteiger partial charge in [-0.1, -0.05) is 36.4 Å². The van der Waals surface area contributed by atoms with Gasteiger partial charge in [0.15, 0.2) is 11.5 Å². The molecule has 0 N–H and O–H groups in total. The first-order valence-corrected chi connectivity index (χ1v) is 7.42. The van der Waals surface area contributed by atoms with E-state index in [0.717, 1.165) is 22.6 Å². The summed E-state index contributed by atoms with van der Waals surface area (Å²) in [6, 6.07) is 15.3. The lowest BCUT2D eigenvalue weighted by molar-refractivity contribution is 0.0994. The van der Waals surface area contributed by atoms with E-state index in [9.17, 15) is 4.79 Å². The van der Waals surface area contributed by atoms with Crippen LogP contribution in [0, 0.1) is 6.92 Å². The summed E-state index contributed by atoms with van der Waals surface area (Å²) in [7, 11) is 0. The second-order valence-corrected chi connectivity index (χ2v) is 6.07. The first-order valence-electron chi connectivity index (χ1n) is 7.42. The zero-order valence-electron chi connectivity index (χ0n) is 13.1. The molecule has 0 spiro atoms. The molecule has 3 nitrogen and oxygen atoms in total. The molecule has 3 heteroatoms. The van der Waals surface area contributed by atoms with Gasteiger partial charge in [0.2, 0.25) is 0 Å². The van der Waals surface area contributed by atoms with Crippen molar-refractivity contribution < 1.29 is 9.53 Å². The van der Waals surface area contributed by atoms with Gasteiger partial charge in [0, 0.05) is 11.1 Å². The van der Waals surface area contributed by atoms with Crippen LogP contribution in [0.2, 0.25) is 0 Å². The minimum atomic E-state index is -0.646. The lowest BCUT2D eigenvalue weighted by Crippen LogP contribution is -2.32. The summed E-state index contributed by atoms with van der Waals surface area (Å²) in [5, 5.41) is 0. The van der Waals surface area contributed by atoms with Gasteiger partial charge in [-0.3, -0.25) is 4.79 Å². The van der Waals surface area contributed by atoms with E-state index in [1.54, 1.807) is 0 Å². The number of nitrogens with zero attached hydrogens (tertiary/aromatic N) is 1. The molecule has 0 saturated heterocycles. The van der Waals surface area contributed by atoms with Crippen molar-refractivity contribution in [3.05, 3.63) is 65.2 Å². The maximum Gasteiger partial charge on any atom is 0.194 e. The van der Waals surface area contributed by atoms with Crippen LogP contribution in [-0.4, -0.2) is 17.2 Å². The van der Waals surface area contributed by atoms with Gasteiger partial charge < -0.3 is 4.74 Å². The Balaban J connectivity index is 1.95. The Hall–Kier alpha value is -2.42. The number of carbonyl (C=O) groups is 1. The first-order chi connectivity index (χ1) is 10.4. The Morgan fingerprint density at radius 1 is 1.14 bits per heavy atom. The van der Waals surface area contributed by atoms with Crippen molar-refractivity contribution in [2.75, 3.05) is 0 Å². The molecule has 0 fully saturated rings. The highest BCUT2D eigenvalue weighted by atomic mass is 16.5. The number of rotatable bonds is 3. The molecule has 112 valence electrons. The maximum atomic E-state index is 12.5. The normalized spacial score (nSPS) is 15.5. The number of Topliss-reactive ketones (excluding diaryl/α,β-unsaturated/α-hetero) is 1. The van der Waals surface area contributed by atoms with E-state index in [1.165, 1.54) is 0 Å². The third-order valence-electron chi connectivity index (χ3n) is 3.64. The van der Waals surface area contributed by atoms with Crippen molar-refractivity contribution in [1.82, 2.24) is 0 Å². The molecule has 0 bridgehead atoms. The summed E-state index contributed by atoms with van der Waals surface area (Å²) >= 11 is 0. The SMILES string of the molecule is Cc1ccc2c(c1)OC(C)(C)N=C2CC(=O)c1ccccc1. The van der Waals surface area contributed by atoms with E-state index in [1.807, 2.05) is 69.3 Å². The maximum absolute atomic E-state index is 12.5. The third-order valence-corrected chi connectivity index (χ3v) is 3.64. The van der Waals surface area contributed by atoms with Crippen LogP contribution in [0.25, 0.3) is 0 Å². The number of benzene rings is 2. The molecule has 0 unspecified atom stereocenters. The first kappa shape index (κ1) is 14.5. The smallest absolute Gasteiger partial charge is 0.194 e. The van der Waals surface area contributed by atoms with Crippen LogP contribution in [0.4, 0.5) is 0 Å². The Bertz CT molecular complexity index is 745. The Kier molecular flexibility index (Phi) is 3.57. The van der Waals surface area contributed by atoms with Gasteiger partial charge >= 0.3 is 0 Å². The standard InChI is InChI=1S/C19H19NO2/c1-13-9-10-15-16(20-19(2,3)22-18(15)11-13)12-17(21)14-7-5-4-6-8-14/h4-11H,12H2,1-3H3. The summed E-state index contributed by atoms with van der Waals surface area (Å²) in [6.07, 6.45) is 0.285. The molecule has 22 heavy (non-hydrogen) atoms. The highest BCUT2D eigenvalue weighted by Crippen LogP contribution is 2.32. The van der Waals surface area contributed by atoms with Gasteiger partial charge in [-0.2, -0.15) is 0 Å². The van der Waals surface area contributed by atoms with Gasteiger partial charge in [0.25, 0.3) is 0 Å². The average molecular weight is 293 g/mol. The number of ketones is 1. The Morgan fingerprint density at radius 3 is 2.59 bits per heavy atom. The number of fused-ring (bicyclic) bond motifs is 1. The summed E-state index contributed by atoms with van der Waals surface area (Å²) in [5.74, 6) is 0.874. The van der Waals surface area contributed by atoms with Gasteiger partial charge in [0.05, 0.1) is 12.1 Å². The van der Waals surface area contributed by atoms with Crippen LogP contribution < -0.4 is 4.74 Å². The number of hydrogen-bond donors (Lipinski definition) is 0. The molecule has 1 aliphatic heterocycles. The molecule has 2 aromatic carbocycles. The zero-order valence-corrected chi connectivity index (χ0v) is 13.1. The monoisotopic (exact) mass is 293 g/mol. The van der Waals surface area contributed by atoms with E-state index in [4.69, 9.17) is 4.74 Å². The topological polar surface area (TPSA) is 38.7 Å². The van der Waals surface area contributed by atoms with Crippen molar-refractivity contribution in [2.45, 2.75) is 32.9 Å². The Labute approximate surface area is 130 Å². The molecule has 0 saturated carbocycles. The average Bonchev–Trinajstić information content (AvgIpc) is 2.46. The van der Waals surface area contributed by atoms with Crippen LogP contribution in [0.3, 0.4) is 0 Å². The fourth-order valence-corrected chi connectivity index (χ4v) is 2.64. The molecule has 0 aliphatic carbocycles. The minimum absolute atomic E-state index is 0.0728. The van der Waals surface area contributed by atoms with Crippen molar-refractivity contribution in [3.8, 4) is 5.75 Å². The van der Waals surface area contributed by atoms with Crippen LogP contribution in [0.5, 0.6) is 5.75 Å². The summed E-state index contributed by atoms with van der Waals surface area (Å²) < 4.78 is 5.92. The molecule has 0 aromatic heterocycles. The molecule has 1 aliphatic rings. The fraction of sp³-hybridized carbons (Fsp3) is 0.263. The number of aliphatic imine (C=N–C) groups is 1. The summed E-state index contributed by atoms with van der Waals surface area (Å²) in [4.78, 5) is 17.1. The van der Waals surface area contributed by atoms with E-state index in [2.05, 4.69) is 4.99 Å². The van der Waals surface area contributed by atoms with Crippen LogP contribution in [0.1, 0.15) is 41.8 Å². The zero-order chi connectivity index (χ0) is 15.7. The summed E-state index contributed by atoms with van der Waals surface area (Å²) in [6.45, 7) is 5.84. The van der Waals surface area contributed by atoms with Crippen molar-refractivity contribution in [2.24, 2.45) is 4.99 Å². The van der Waals surface area contributed by atoms with Crippen molar-refractivity contribution >= 4 is 11.5 Å². The van der Waals surface area contributed by atoms with E-state index >= 15 is 0 Å². The van der Waals surface area contributed by atoms with Crippen molar-refractivity contribution in [3.63, 3.8) is 0 Å². The second kappa shape index (κ2) is 5.41. The largest absolute Gasteiger partial charge is 0.466 e. The molecule has 3 rings (SSSR count). The molecule has 1 heterocycles. The van der Waals surface area contributed by atoms with Crippen LogP contribution >= 0.6 is 0 Å². The van der Waals surface area contributed by atoms with Gasteiger partial charge in [-0.05, 0) is 38.5 Å². The highest BCUT2D eigenvalue weighted by molar-refractivity contribution is 6.17. The predicted octanol–water partition coefficient (Wildman–Crippen LogP) is 4.19. The van der Waals surface area contributed by atoms with Gasteiger partial charge in [-0.15, -0.1) is 0 Å². The van der Waals surface area contributed by atoms with Crippen LogP contribution in [0.15, 0.2) is 53.5 Å². The number of aryl methyl sites for hydroxylation is 1. The molecule has 2 aromatic rings. The molecule has 0 radical (unpaired) electrons. The van der Waals surface area contributed by atoms with Crippen molar-refractivity contribution in [1.29, 1.82) is 0 Å². The minimum Gasteiger partial charge on any atom is -0.466 e. The third kappa shape index (κ3) is 2.93. The highest BCUT2D eigenvalue weighted by Gasteiger charge is 2.29. The lowest BCUT2D eigenvalue weighted by atomic mass is 9.97. The quantitative estimate of drug-likeness (QED) is 0.796. The van der Waals surface area contributed by atoms with E-state index < -0.39 is 5.72 Å². The van der Waals surface area contributed by atoms with Gasteiger partial charge in [0.1, 0.15) is 5.75 Å². The van der Waals surface area contributed by atoms with Gasteiger partial charge in [-0.25, -0.2) is 4.99 Å². The molecular weight excluding hydrogens is 274 g/mol. The summed E-state index contributed by atoms with van der Waals surface area (Å²) in [5.41, 5.74) is 2.90. The van der Waals surface area contributed by atoms with Crippen LogP contribution in [-0.2, 0) is 0 Å². The molecular formula is C19H19NO2. The Morgan fingerprint density at radius 2 is 1.86 bits per heavy atom. The number of carbonyl (C=O) groups excluding carboxylic acids is 1. The fourth-order valence-electron chi connectivity index (χ4n) is 2.64. The van der Waals surface area contributed by atoms with E-state index in [0.29, 0.717) is 5.56 Å². The number of hydrogen-bond acceptors (Lipinski definition) is 3. The van der Waals surface area contributed by atoms with E-state index in [-0.39, 0.29) is 12.2 Å². The number of ether oxygens (including phenoxy) is 1. The second-order valence-electron chi connectivity index (χ2n) is 6.07. The molecule has 0 atom stereocenters. The lowest BCUT2D eigenvalue weighted by Gasteiger charge is -2.30. The molecule has 0 amide bonds.